The van der Waals surface area contributed by atoms with Crippen molar-refractivity contribution >= 4 is 5.91 Å². The van der Waals surface area contributed by atoms with E-state index in [-0.39, 0.29) is 5.91 Å². The van der Waals surface area contributed by atoms with Gasteiger partial charge in [-0.3, -0.25) is 9.78 Å². The van der Waals surface area contributed by atoms with Crippen molar-refractivity contribution < 1.29 is 4.79 Å². The van der Waals surface area contributed by atoms with Crippen LogP contribution in [0.5, 0.6) is 0 Å². The maximum atomic E-state index is 11.5. The third-order valence-corrected chi connectivity index (χ3v) is 2.52. The van der Waals surface area contributed by atoms with Crippen LogP contribution < -0.4 is 0 Å². The highest BCUT2D eigenvalue weighted by atomic mass is 16.2. The van der Waals surface area contributed by atoms with Gasteiger partial charge in [0, 0.05) is 31.9 Å². The van der Waals surface area contributed by atoms with Crippen LogP contribution in [0.1, 0.15) is 24.8 Å². The Hall–Kier alpha value is -1.38. The van der Waals surface area contributed by atoms with Crippen molar-refractivity contribution in [2.75, 3.05) is 6.54 Å². The minimum Gasteiger partial charge on any atom is -0.338 e. The van der Waals surface area contributed by atoms with E-state index in [0.717, 1.165) is 24.9 Å². The van der Waals surface area contributed by atoms with Crippen LogP contribution in [0.25, 0.3) is 0 Å². The Labute approximate surface area is 83.8 Å². The SMILES string of the molecule is O=C1CCCCN1Cc1cccnc1. The summed E-state index contributed by atoms with van der Waals surface area (Å²) in [5.41, 5.74) is 1.11. The van der Waals surface area contributed by atoms with Crippen LogP contribution in [-0.4, -0.2) is 22.3 Å². The molecule has 1 saturated heterocycles. The first-order valence-corrected chi connectivity index (χ1v) is 5.03. The minimum absolute atomic E-state index is 0.278. The molecule has 1 fully saturated rings. The second kappa shape index (κ2) is 4.22. The number of likely N-dealkylation sites (tertiary alicyclic amines) is 1. The summed E-state index contributed by atoms with van der Waals surface area (Å²) in [6, 6.07) is 3.92. The van der Waals surface area contributed by atoms with Crippen molar-refractivity contribution in [3.8, 4) is 0 Å². The highest BCUT2D eigenvalue weighted by Crippen LogP contribution is 2.13. The molecule has 1 aromatic heterocycles. The number of carbonyl (C=O) groups is 1. The Bertz CT molecular complexity index is 310. The van der Waals surface area contributed by atoms with Crippen LogP contribution in [0.3, 0.4) is 0 Å². The summed E-state index contributed by atoms with van der Waals surface area (Å²) < 4.78 is 0. The van der Waals surface area contributed by atoms with Crippen LogP contribution in [0.15, 0.2) is 24.5 Å². The second-order valence-electron chi connectivity index (χ2n) is 3.63. The fourth-order valence-corrected chi connectivity index (χ4v) is 1.74. The summed E-state index contributed by atoms with van der Waals surface area (Å²) in [7, 11) is 0. The lowest BCUT2D eigenvalue weighted by Gasteiger charge is -2.26. The number of pyridine rings is 1. The first-order valence-electron chi connectivity index (χ1n) is 5.03. The summed E-state index contributed by atoms with van der Waals surface area (Å²) in [5, 5.41) is 0. The number of nitrogens with zero attached hydrogens (tertiary/aromatic N) is 2. The number of carbonyl (C=O) groups excluding carboxylic acids is 1. The zero-order valence-corrected chi connectivity index (χ0v) is 8.15. The van der Waals surface area contributed by atoms with Gasteiger partial charge in [0.1, 0.15) is 0 Å². The van der Waals surface area contributed by atoms with E-state index in [1.54, 1.807) is 6.20 Å². The molecule has 0 N–H and O–H groups in total. The summed E-state index contributed by atoms with van der Waals surface area (Å²) >= 11 is 0. The van der Waals surface area contributed by atoms with Gasteiger partial charge in [-0.25, -0.2) is 0 Å². The molecule has 1 aliphatic rings. The van der Waals surface area contributed by atoms with Crippen LogP contribution in [0, 0.1) is 0 Å². The van der Waals surface area contributed by atoms with Crippen molar-refractivity contribution in [1.29, 1.82) is 0 Å². The third kappa shape index (κ3) is 2.10. The van der Waals surface area contributed by atoms with Gasteiger partial charge in [0.15, 0.2) is 0 Å². The molecule has 0 bridgehead atoms. The molecular formula is C11H14N2O. The van der Waals surface area contributed by atoms with Crippen LogP contribution in [-0.2, 0) is 11.3 Å². The number of aromatic nitrogens is 1. The molecule has 0 saturated carbocycles. The van der Waals surface area contributed by atoms with Crippen molar-refractivity contribution in [3.05, 3.63) is 30.1 Å². The Morgan fingerprint density at radius 3 is 3.07 bits per heavy atom. The molecule has 1 aromatic rings. The molecule has 0 aliphatic carbocycles. The summed E-state index contributed by atoms with van der Waals surface area (Å²) in [6.45, 7) is 1.61. The van der Waals surface area contributed by atoms with Gasteiger partial charge in [-0.15, -0.1) is 0 Å². The van der Waals surface area contributed by atoms with Crippen LogP contribution in [0.2, 0.25) is 0 Å². The van der Waals surface area contributed by atoms with Gasteiger partial charge in [-0.2, -0.15) is 0 Å². The molecule has 0 spiro atoms. The maximum absolute atomic E-state index is 11.5. The Morgan fingerprint density at radius 1 is 1.43 bits per heavy atom. The fourth-order valence-electron chi connectivity index (χ4n) is 1.74. The summed E-state index contributed by atoms with van der Waals surface area (Å²) in [6.07, 6.45) is 6.46. The van der Waals surface area contributed by atoms with Crippen LogP contribution in [0.4, 0.5) is 0 Å². The van der Waals surface area contributed by atoms with E-state index in [0.29, 0.717) is 13.0 Å². The zero-order valence-electron chi connectivity index (χ0n) is 8.15. The predicted octanol–water partition coefficient (Wildman–Crippen LogP) is 1.59. The molecule has 0 atom stereocenters. The van der Waals surface area contributed by atoms with Gasteiger partial charge < -0.3 is 4.90 Å². The lowest BCUT2D eigenvalue weighted by atomic mass is 10.1. The fraction of sp³-hybridized carbons (Fsp3) is 0.455. The highest BCUT2D eigenvalue weighted by Gasteiger charge is 2.17. The standard InChI is InChI=1S/C11H14N2O/c14-11-5-1-2-7-13(11)9-10-4-3-6-12-8-10/h3-4,6,8H,1-2,5,7,9H2. The number of hydrogen-bond donors (Lipinski definition) is 0. The molecule has 1 amide bonds. The molecule has 1 aliphatic heterocycles. The molecule has 14 heavy (non-hydrogen) atoms. The smallest absolute Gasteiger partial charge is 0.222 e. The predicted molar refractivity (Wildman–Crippen MR) is 53.5 cm³/mol. The van der Waals surface area contributed by atoms with E-state index in [1.165, 1.54) is 0 Å². The van der Waals surface area contributed by atoms with E-state index in [9.17, 15) is 4.79 Å². The zero-order chi connectivity index (χ0) is 9.80. The molecule has 2 heterocycles. The molecule has 3 heteroatoms. The topological polar surface area (TPSA) is 33.2 Å². The Morgan fingerprint density at radius 2 is 2.36 bits per heavy atom. The highest BCUT2D eigenvalue weighted by molar-refractivity contribution is 5.76. The van der Waals surface area contributed by atoms with E-state index < -0.39 is 0 Å². The number of rotatable bonds is 2. The first-order chi connectivity index (χ1) is 6.86. The molecule has 0 unspecified atom stereocenters. The third-order valence-electron chi connectivity index (χ3n) is 2.52. The second-order valence-corrected chi connectivity index (χ2v) is 3.63. The monoisotopic (exact) mass is 190 g/mol. The molecule has 74 valence electrons. The normalized spacial score (nSPS) is 17.1. The molecular weight excluding hydrogens is 176 g/mol. The largest absolute Gasteiger partial charge is 0.338 e. The van der Waals surface area contributed by atoms with Crippen molar-refractivity contribution in [2.45, 2.75) is 25.8 Å². The van der Waals surface area contributed by atoms with E-state index >= 15 is 0 Å². The van der Waals surface area contributed by atoms with Crippen LogP contribution >= 0.6 is 0 Å². The van der Waals surface area contributed by atoms with E-state index in [1.807, 2.05) is 23.2 Å². The molecule has 0 aromatic carbocycles. The average molecular weight is 190 g/mol. The lowest BCUT2D eigenvalue weighted by Crippen LogP contribution is -2.34. The Kier molecular flexibility index (Phi) is 2.77. The van der Waals surface area contributed by atoms with Crippen molar-refractivity contribution in [2.24, 2.45) is 0 Å². The van der Waals surface area contributed by atoms with Gasteiger partial charge in [0.25, 0.3) is 0 Å². The molecule has 0 radical (unpaired) electrons. The minimum atomic E-state index is 0.278. The quantitative estimate of drug-likeness (QED) is 0.709. The summed E-state index contributed by atoms with van der Waals surface area (Å²) in [4.78, 5) is 17.5. The average Bonchev–Trinajstić information content (AvgIpc) is 2.23. The summed E-state index contributed by atoms with van der Waals surface area (Å²) in [5.74, 6) is 0.278. The first kappa shape index (κ1) is 9.19. The van der Waals surface area contributed by atoms with E-state index in [4.69, 9.17) is 0 Å². The number of piperidine rings is 1. The van der Waals surface area contributed by atoms with Gasteiger partial charge in [0.2, 0.25) is 5.91 Å². The maximum Gasteiger partial charge on any atom is 0.222 e. The Balaban J connectivity index is 2.00. The van der Waals surface area contributed by atoms with Crippen molar-refractivity contribution in [3.63, 3.8) is 0 Å². The van der Waals surface area contributed by atoms with Gasteiger partial charge in [-0.05, 0) is 24.5 Å². The van der Waals surface area contributed by atoms with Crippen molar-refractivity contribution in [1.82, 2.24) is 9.88 Å². The molecule has 2 rings (SSSR count). The molecule has 3 nitrogen and oxygen atoms in total. The van der Waals surface area contributed by atoms with Gasteiger partial charge in [0.05, 0.1) is 0 Å². The lowest BCUT2D eigenvalue weighted by molar-refractivity contribution is -0.133. The van der Waals surface area contributed by atoms with E-state index in [2.05, 4.69) is 4.98 Å². The number of hydrogen-bond acceptors (Lipinski definition) is 2. The number of amides is 1. The van der Waals surface area contributed by atoms with Gasteiger partial charge in [-0.1, -0.05) is 6.07 Å². The van der Waals surface area contributed by atoms with Gasteiger partial charge >= 0.3 is 0 Å².